The van der Waals surface area contributed by atoms with Crippen LogP contribution in [0.2, 0.25) is 0 Å². The monoisotopic (exact) mass is 398 g/mol. The van der Waals surface area contributed by atoms with Gasteiger partial charge in [-0.25, -0.2) is 4.39 Å². The number of nitrogens with zero attached hydrogens (tertiary/aromatic N) is 1. The van der Waals surface area contributed by atoms with Crippen LogP contribution in [0.3, 0.4) is 0 Å². The van der Waals surface area contributed by atoms with Crippen LogP contribution in [0.15, 0.2) is 48.5 Å². The van der Waals surface area contributed by atoms with E-state index in [9.17, 15) is 4.39 Å². The highest BCUT2D eigenvalue weighted by atomic mass is 19.1. The fourth-order valence-electron chi connectivity index (χ4n) is 4.45. The van der Waals surface area contributed by atoms with Crippen LogP contribution in [-0.4, -0.2) is 32.8 Å². The van der Waals surface area contributed by atoms with Gasteiger partial charge in [-0.15, -0.1) is 0 Å². The van der Waals surface area contributed by atoms with Crippen molar-refractivity contribution in [1.29, 1.82) is 0 Å². The zero-order valence-electron chi connectivity index (χ0n) is 18.3. The molecule has 2 aromatic carbocycles. The highest BCUT2D eigenvalue weighted by Gasteiger charge is 2.43. The highest BCUT2D eigenvalue weighted by molar-refractivity contribution is 5.45. The Kier molecular flexibility index (Phi) is 6.97. The number of ether oxygens (including phenoxy) is 1. The molecule has 1 heterocycles. The molecule has 1 saturated heterocycles. The van der Waals surface area contributed by atoms with E-state index < -0.39 is 0 Å². The van der Waals surface area contributed by atoms with Crippen molar-refractivity contribution in [2.75, 3.05) is 32.1 Å². The predicted octanol–water partition coefficient (Wildman–Crippen LogP) is 5.29. The van der Waals surface area contributed by atoms with Crippen molar-refractivity contribution >= 4 is 5.69 Å². The third kappa shape index (κ3) is 5.37. The Morgan fingerprint density at radius 2 is 1.76 bits per heavy atom. The third-order valence-corrected chi connectivity index (χ3v) is 6.51. The van der Waals surface area contributed by atoms with Crippen molar-refractivity contribution in [2.24, 2.45) is 0 Å². The van der Waals surface area contributed by atoms with Crippen molar-refractivity contribution in [3.63, 3.8) is 0 Å². The Morgan fingerprint density at radius 3 is 2.38 bits per heavy atom. The van der Waals surface area contributed by atoms with E-state index in [1.54, 1.807) is 12.1 Å². The number of rotatable bonds is 8. The maximum Gasteiger partial charge on any atom is 0.123 e. The molecule has 0 aliphatic carbocycles. The SMILES string of the molecule is CC[C@@]1(C)C[C@@](CCNCc2ccc(N(C)C)cc2)(c2ccc(F)cc2)CCO1. The summed E-state index contributed by atoms with van der Waals surface area (Å²) >= 11 is 0. The first-order chi connectivity index (χ1) is 13.9. The maximum atomic E-state index is 13.5. The second kappa shape index (κ2) is 9.27. The number of anilines is 1. The second-order valence-electron chi connectivity index (χ2n) is 8.85. The molecule has 2 aromatic rings. The molecular formula is C25H35FN2O. The van der Waals surface area contributed by atoms with Gasteiger partial charge in [0.2, 0.25) is 0 Å². The average molecular weight is 399 g/mol. The zero-order valence-corrected chi connectivity index (χ0v) is 18.3. The van der Waals surface area contributed by atoms with Crippen LogP contribution in [0.25, 0.3) is 0 Å². The molecule has 29 heavy (non-hydrogen) atoms. The molecule has 1 N–H and O–H groups in total. The van der Waals surface area contributed by atoms with Crippen molar-refractivity contribution in [3.05, 3.63) is 65.5 Å². The average Bonchev–Trinajstić information content (AvgIpc) is 2.72. The molecule has 2 atom stereocenters. The lowest BCUT2D eigenvalue weighted by molar-refractivity contribution is -0.0979. The number of benzene rings is 2. The summed E-state index contributed by atoms with van der Waals surface area (Å²) in [6.07, 6.45) is 3.96. The molecule has 0 unspecified atom stereocenters. The summed E-state index contributed by atoms with van der Waals surface area (Å²) in [6, 6.07) is 15.8. The fraction of sp³-hybridized carbons (Fsp3) is 0.520. The molecule has 3 nitrogen and oxygen atoms in total. The van der Waals surface area contributed by atoms with E-state index in [0.717, 1.165) is 45.4 Å². The minimum absolute atomic E-state index is 0.0263. The first-order valence-electron chi connectivity index (χ1n) is 10.7. The van der Waals surface area contributed by atoms with Crippen molar-refractivity contribution in [2.45, 2.75) is 57.1 Å². The first kappa shape index (κ1) is 21.8. The van der Waals surface area contributed by atoms with E-state index in [0.29, 0.717) is 0 Å². The van der Waals surface area contributed by atoms with Crippen LogP contribution >= 0.6 is 0 Å². The van der Waals surface area contributed by atoms with E-state index in [1.807, 2.05) is 12.1 Å². The Bertz CT molecular complexity index is 774. The summed E-state index contributed by atoms with van der Waals surface area (Å²) in [5.41, 5.74) is 3.65. The van der Waals surface area contributed by atoms with E-state index in [4.69, 9.17) is 4.74 Å². The van der Waals surface area contributed by atoms with Gasteiger partial charge < -0.3 is 15.0 Å². The summed E-state index contributed by atoms with van der Waals surface area (Å²) in [6.45, 7) is 6.94. The Morgan fingerprint density at radius 1 is 1.07 bits per heavy atom. The molecule has 158 valence electrons. The zero-order chi connectivity index (χ0) is 20.9. The summed E-state index contributed by atoms with van der Waals surface area (Å²) in [4.78, 5) is 2.11. The van der Waals surface area contributed by atoms with Gasteiger partial charge in [0.05, 0.1) is 5.60 Å². The van der Waals surface area contributed by atoms with Crippen molar-refractivity contribution in [1.82, 2.24) is 5.32 Å². The van der Waals surface area contributed by atoms with E-state index >= 15 is 0 Å². The largest absolute Gasteiger partial charge is 0.378 e. The molecule has 1 fully saturated rings. The van der Waals surface area contributed by atoms with Crippen molar-refractivity contribution < 1.29 is 9.13 Å². The molecule has 0 amide bonds. The number of hydrogen-bond donors (Lipinski definition) is 1. The highest BCUT2D eigenvalue weighted by Crippen LogP contribution is 2.45. The van der Waals surface area contributed by atoms with Crippen molar-refractivity contribution in [3.8, 4) is 0 Å². The van der Waals surface area contributed by atoms with Gasteiger partial charge in [-0.1, -0.05) is 31.2 Å². The lowest BCUT2D eigenvalue weighted by Gasteiger charge is -2.47. The lowest BCUT2D eigenvalue weighted by Crippen LogP contribution is -2.46. The molecule has 1 aliphatic heterocycles. The number of nitrogens with one attached hydrogen (secondary N) is 1. The maximum absolute atomic E-state index is 13.5. The standard InChI is InChI=1S/C25H35FN2O/c1-5-24(2)19-25(15-17-29-24,21-8-10-22(26)11-9-21)14-16-27-18-20-6-12-23(13-7-20)28(3)4/h6-13,27H,5,14-19H2,1-4H3/t24-,25-/m0/s1. The molecule has 0 saturated carbocycles. The van der Waals surface area contributed by atoms with Gasteiger partial charge in [0.15, 0.2) is 0 Å². The minimum Gasteiger partial charge on any atom is -0.378 e. The van der Waals surface area contributed by atoms with Crippen LogP contribution in [-0.2, 0) is 16.7 Å². The second-order valence-corrected chi connectivity index (χ2v) is 8.85. The summed E-state index contributed by atoms with van der Waals surface area (Å²) < 4.78 is 19.7. The summed E-state index contributed by atoms with van der Waals surface area (Å²) in [5.74, 6) is -0.173. The smallest absolute Gasteiger partial charge is 0.123 e. The van der Waals surface area contributed by atoms with Gasteiger partial charge >= 0.3 is 0 Å². The first-order valence-corrected chi connectivity index (χ1v) is 10.7. The quantitative estimate of drug-likeness (QED) is 0.612. The molecule has 0 radical (unpaired) electrons. The van der Waals surface area contributed by atoms with Crippen LogP contribution in [0.5, 0.6) is 0 Å². The molecule has 4 heteroatoms. The molecular weight excluding hydrogens is 363 g/mol. The fourth-order valence-corrected chi connectivity index (χ4v) is 4.45. The number of halogens is 1. The summed E-state index contributed by atoms with van der Waals surface area (Å²) in [7, 11) is 4.11. The Labute approximate surface area is 175 Å². The van der Waals surface area contributed by atoms with E-state index in [2.05, 4.69) is 62.4 Å². The number of hydrogen-bond acceptors (Lipinski definition) is 3. The normalized spacial score (nSPS) is 24.4. The molecule has 3 rings (SSSR count). The van der Waals surface area contributed by atoms with E-state index in [1.165, 1.54) is 16.8 Å². The molecule has 0 aromatic heterocycles. The third-order valence-electron chi connectivity index (χ3n) is 6.51. The van der Waals surface area contributed by atoms with Gasteiger partial charge in [-0.05, 0) is 74.5 Å². The van der Waals surface area contributed by atoms with Gasteiger partial charge in [-0.2, -0.15) is 0 Å². The van der Waals surface area contributed by atoms with Crippen LogP contribution < -0.4 is 10.2 Å². The van der Waals surface area contributed by atoms with Gasteiger partial charge in [0.1, 0.15) is 5.82 Å². The molecule has 0 spiro atoms. The molecule has 0 bridgehead atoms. The van der Waals surface area contributed by atoms with Gasteiger partial charge in [0.25, 0.3) is 0 Å². The topological polar surface area (TPSA) is 24.5 Å². The minimum atomic E-state index is -0.173. The van der Waals surface area contributed by atoms with Crippen LogP contribution in [0, 0.1) is 5.82 Å². The van der Waals surface area contributed by atoms with Crippen LogP contribution in [0.1, 0.15) is 50.7 Å². The van der Waals surface area contributed by atoms with E-state index in [-0.39, 0.29) is 16.8 Å². The lowest BCUT2D eigenvalue weighted by atomic mass is 9.66. The van der Waals surface area contributed by atoms with Crippen LogP contribution in [0.4, 0.5) is 10.1 Å². The summed E-state index contributed by atoms with van der Waals surface area (Å²) in [5, 5.41) is 3.62. The molecule has 1 aliphatic rings. The Hall–Kier alpha value is -1.91. The Balaban J connectivity index is 1.66. The van der Waals surface area contributed by atoms with Gasteiger partial charge in [0, 0.05) is 38.3 Å². The predicted molar refractivity (Wildman–Crippen MR) is 119 cm³/mol. The van der Waals surface area contributed by atoms with Gasteiger partial charge in [-0.3, -0.25) is 0 Å².